The Kier molecular flexibility index (Phi) is 7.01. The zero-order chi connectivity index (χ0) is 22.6. The molecule has 0 spiro atoms. The summed E-state index contributed by atoms with van der Waals surface area (Å²) in [5.41, 5.74) is 3.46. The Morgan fingerprint density at radius 1 is 1.10 bits per heavy atom. The van der Waals surface area contributed by atoms with Gasteiger partial charge in [0, 0.05) is 18.7 Å². The second-order valence-corrected chi connectivity index (χ2v) is 8.03. The molecule has 1 saturated carbocycles. The van der Waals surface area contributed by atoms with Gasteiger partial charge in [-0.1, -0.05) is 29.8 Å². The van der Waals surface area contributed by atoms with E-state index >= 15 is 0 Å². The predicted molar refractivity (Wildman–Crippen MR) is 119 cm³/mol. The van der Waals surface area contributed by atoms with Crippen molar-refractivity contribution in [3.05, 3.63) is 53.1 Å². The predicted octanol–water partition coefficient (Wildman–Crippen LogP) is 3.65. The van der Waals surface area contributed by atoms with Gasteiger partial charge in [0.25, 0.3) is 5.91 Å². The summed E-state index contributed by atoms with van der Waals surface area (Å²) in [5, 5.41) is 10.3. The molecule has 0 aliphatic heterocycles. The third-order valence-electron chi connectivity index (χ3n) is 5.62. The Labute approximate surface area is 183 Å². The van der Waals surface area contributed by atoms with Gasteiger partial charge in [-0.05, 0) is 62.4 Å². The fourth-order valence-corrected chi connectivity index (χ4v) is 3.73. The first-order valence-electron chi connectivity index (χ1n) is 10.8. The number of methoxy groups -OCH3 is 1. The number of hydrogen-bond acceptors (Lipinski definition) is 5. The van der Waals surface area contributed by atoms with E-state index in [0.717, 1.165) is 27.8 Å². The minimum Gasteiger partial charge on any atom is -0.496 e. The molecule has 31 heavy (non-hydrogen) atoms. The summed E-state index contributed by atoms with van der Waals surface area (Å²) in [6, 6.07) is 11.7. The molecule has 1 N–H and O–H groups in total. The Morgan fingerprint density at radius 3 is 2.45 bits per heavy atom. The molecule has 166 valence electrons. The van der Waals surface area contributed by atoms with Crippen LogP contribution in [0, 0.1) is 6.92 Å². The maximum atomic E-state index is 12.8. The number of nitrogens with zero attached hydrogens (tertiary/aromatic N) is 1. The second-order valence-electron chi connectivity index (χ2n) is 8.03. The molecular weight excluding hydrogens is 394 g/mol. The van der Waals surface area contributed by atoms with Crippen LogP contribution < -0.4 is 4.74 Å². The zero-order valence-electron chi connectivity index (χ0n) is 18.7. The number of ether oxygens (including phenoxy) is 2. The van der Waals surface area contributed by atoms with Gasteiger partial charge in [-0.3, -0.25) is 9.59 Å². The van der Waals surface area contributed by atoms with E-state index in [2.05, 4.69) is 6.07 Å². The summed E-state index contributed by atoms with van der Waals surface area (Å²) in [6.45, 7) is 6.95. The normalized spacial score (nSPS) is 14.1. The van der Waals surface area contributed by atoms with Crippen LogP contribution in [0.3, 0.4) is 0 Å². The first-order valence-corrected chi connectivity index (χ1v) is 10.8. The van der Waals surface area contributed by atoms with Crippen molar-refractivity contribution in [3.8, 4) is 16.9 Å². The van der Waals surface area contributed by atoms with Crippen molar-refractivity contribution in [2.45, 2.75) is 52.2 Å². The molecule has 2 aromatic rings. The van der Waals surface area contributed by atoms with Crippen LogP contribution in [0.1, 0.15) is 43.4 Å². The monoisotopic (exact) mass is 425 g/mol. The fraction of sp³-hybridized carbons (Fsp3) is 0.440. The van der Waals surface area contributed by atoms with Crippen molar-refractivity contribution in [2.24, 2.45) is 0 Å². The number of carbonyl (C=O) groups excluding carboxylic acids is 2. The quantitative estimate of drug-likeness (QED) is 0.621. The van der Waals surface area contributed by atoms with Gasteiger partial charge in [-0.25, -0.2) is 0 Å². The van der Waals surface area contributed by atoms with E-state index < -0.39 is 5.60 Å². The summed E-state index contributed by atoms with van der Waals surface area (Å²) >= 11 is 0. The van der Waals surface area contributed by atoms with Gasteiger partial charge >= 0.3 is 5.97 Å². The van der Waals surface area contributed by atoms with Crippen LogP contribution >= 0.6 is 0 Å². The minimum absolute atomic E-state index is 0.179. The maximum Gasteiger partial charge on any atom is 0.310 e. The molecule has 1 fully saturated rings. The highest BCUT2D eigenvalue weighted by Crippen LogP contribution is 2.38. The first-order chi connectivity index (χ1) is 14.8. The molecule has 1 aliphatic rings. The second kappa shape index (κ2) is 9.52. The van der Waals surface area contributed by atoms with Crippen molar-refractivity contribution in [1.82, 2.24) is 4.90 Å². The van der Waals surface area contributed by atoms with Crippen LogP contribution in [0.2, 0.25) is 0 Å². The molecule has 1 aliphatic carbocycles. The van der Waals surface area contributed by atoms with E-state index in [1.165, 1.54) is 0 Å². The van der Waals surface area contributed by atoms with Crippen molar-refractivity contribution >= 4 is 11.9 Å². The smallest absolute Gasteiger partial charge is 0.310 e. The summed E-state index contributed by atoms with van der Waals surface area (Å²) < 4.78 is 10.7. The number of hydrogen-bond donors (Lipinski definition) is 1. The zero-order valence-corrected chi connectivity index (χ0v) is 18.7. The molecule has 0 aromatic heterocycles. The van der Waals surface area contributed by atoms with Gasteiger partial charge in [-0.2, -0.15) is 0 Å². The summed E-state index contributed by atoms with van der Waals surface area (Å²) in [4.78, 5) is 26.4. The van der Waals surface area contributed by atoms with Gasteiger partial charge in [0.2, 0.25) is 0 Å². The Hall–Kier alpha value is -2.86. The Balaban J connectivity index is 1.98. The minimum atomic E-state index is -1.20. The van der Waals surface area contributed by atoms with Crippen molar-refractivity contribution in [1.29, 1.82) is 0 Å². The number of amides is 1. The lowest BCUT2D eigenvalue weighted by Gasteiger charge is -2.25. The third-order valence-corrected chi connectivity index (χ3v) is 5.62. The van der Waals surface area contributed by atoms with E-state index in [0.29, 0.717) is 38.3 Å². The number of esters is 1. The molecule has 6 heteroatoms. The van der Waals surface area contributed by atoms with Crippen molar-refractivity contribution < 1.29 is 24.2 Å². The molecule has 2 aromatic carbocycles. The van der Waals surface area contributed by atoms with Crippen molar-refractivity contribution in [2.75, 3.05) is 20.3 Å². The van der Waals surface area contributed by atoms with E-state index in [1.807, 2.05) is 44.2 Å². The van der Waals surface area contributed by atoms with Crippen LogP contribution in [-0.4, -0.2) is 47.7 Å². The van der Waals surface area contributed by atoms with Crippen LogP contribution in [0.5, 0.6) is 5.75 Å². The van der Waals surface area contributed by atoms with Crippen LogP contribution in [0.4, 0.5) is 0 Å². The molecule has 0 saturated heterocycles. The lowest BCUT2D eigenvalue weighted by molar-refractivity contribution is -0.143. The Bertz CT molecular complexity index is 964. The van der Waals surface area contributed by atoms with Crippen LogP contribution in [0.15, 0.2) is 36.4 Å². The molecular formula is C25H31NO5. The van der Waals surface area contributed by atoms with Gasteiger partial charge < -0.3 is 19.5 Å². The molecule has 0 bridgehead atoms. The van der Waals surface area contributed by atoms with Crippen molar-refractivity contribution in [3.63, 3.8) is 0 Å². The molecule has 0 heterocycles. The average Bonchev–Trinajstić information content (AvgIpc) is 3.50. The number of likely N-dealkylation sites (N-methyl/N-ethyl adjacent to an activating group) is 1. The fourth-order valence-electron chi connectivity index (χ4n) is 3.73. The maximum absolute atomic E-state index is 12.8. The van der Waals surface area contributed by atoms with Gasteiger partial charge in [-0.15, -0.1) is 0 Å². The largest absolute Gasteiger partial charge is 0.496 e. The number of carbonyl (C=O) groups is 2. The SMILES string of the molecule is CCOC(=O)Cc1ccc(OC)c(-c2ccc(C)cc2CN(CC)C(=O)C2(O)CC2)c1. The molecule has 6 nitrogen and oxygen atoms in total. The molecule has 0 unspecified atom stereocenters. The van der Waals surface area contributed by atoms with E-state index in [9.17, 15) is 14.7 Å². The summed E-state index contributed by atoms with van der Waals surface area (Å²) in [7, 11) is 1.61. The van der Waals surface area contributed by atoms with Gasteiger partial charge in [0.15, 0.2) is 0 Å². The number of rotatable bonds is 9. The third kappa shape index (κ3) is 5.25. The highest BCUT2D eigenvalue weighted by molar-refractivity contribution is 5.88. The standard InChI is InChI=1S/C25H31NO5/c1-5-26(24(28)25(29)11-12-25)16-19-13-17(3)7-9-20(19)21-14-18(8-10-22(21)30-4)15-23(27)31-6-2/h7-10,13-14,29H,5-6,11-12,15-16H2,1-4H3. The van der Waals surface area contributed by atoms with Crippen LogP contribution in [0.25, 0.3) is 11.1 Å². The number of aliphatic hydroxyl groups is 1. The topological polar surface area (TPSA) is 76.1 Å². The highest BCUT2D eigenvalue weighted by atomic mass is 16.5. The lowest BCUT2D eigenvalue weighted by Crippen LogP contribution is -2.40. The lowest BCUT2D eigenvalue weighted by atomic mass is 9.94. The summed E-state index contributed by atoms with van der Waals surface area (Å²) in [5.74, 6) is 0.196. The first kappa shape index (κ1) is 22.8. The molecule has 0 radical (unpaired) electrons. The van der Waals surface area contributed by atoms with Gasteiger partial charge in [0.1, 0.15) is 11.4 Å². The highest BCUT2D eigenvalue weighted by Gasteiger charge is 2.49. The molecule has 0 atom stereocenters. The number of aryl methyl sites for hydroxylation is 1. The van der Waals surface area contributed by atoms with E-state index in [-0.39, 0.29) is 18.3 Å². The average molecular weight is 426 g/mol. The Morgan fingerprint density at radius 2 is 1.84 bits per heavy atom. The molecule has 1 amide bonds. The van der Waals surface area contributed by atoms with E-state index in [4.69, 9.17) is 9.47 Å². The van der Waals surface area contributed by atoms with Gasteiger partial charge in [0.05, 0.1) is 20.1 Å². The van der Waals surface area contributed by atoms with Crippen LogP contribution in [-0.2, 0) is 27.3 Å². The summed E-state index contributed by atoms with van der Waals surface area (Å²) in [6.07, 6.45) is 1.22. The molecule has 3 rings (SSSR count). The number of benzene rings is 2. The van der Waals surface area contributed by atoms with E-state index in [1.54, 1.807) is 18.9 Å².